The van der Waals surface area contributed by atoms with Gasteiger partial charge in [-0.25, -0.2) is 0 Å². The molecule has 6 unspecified atom stereocenters. The molecule has 0 bridgehead atoms. The minimum atomic E-state index is -0.745. The third-order valence-corrected chi connectivity index (χ3v) is 2.37. The van der Waals surface area contributed by atoms with Crippen LogP contribution in [0, 0.1) is 6.92 Å². The summed E-state index contributed by atoms with van der Waals surface area (Å²) < 4.78 is 28.2. The third-order valence-electron chi connectivity index (χ3n) is 2.37. The van der Waals surface area contributed by atoms with Crippen LogP contribution in [0.1, 0.15) is 48.0 Å². The van der Waals surface area contributed by atoms with Gasteiger partial charge >= 0.3 is 0 Å². The van der Waals surface area contributed by atoms with E-state index < -0.39 is 18.9 Å². The Kier molecular flexibility index (Phi) is 41.8. The number of nitrogens with two attached hydrogens (primary N) is 1. The van der Waals surface area contributed by atoms with Gasteiger partial charge in [0.15, 0.2) is 37.7 Å². The van der Waals surface area contributed by atoms with Gasteiger partial charge in [-0.05, 0) is 48.1 Å². The molecule has 0 amide bonds. The maximum Gasteiger partial charge on any atom is 0.157 e. The summed E-state index contributed by atoms with van der Waals surface area (Å²) in [4.78, 5) is 0. The fourth-order valence-electron chi connectivity index (χ4n) is 0.999. The van der Waals surface area contributed by atoms with Gasteiger partial charge in [-0.2, -0.15) is 6.42 Å². The van der Waals surface area contributed by atoms with Crippen LogP contribution >= 0.6 is 0 Å². The molecule has 10 nitrogen and oxygen atoms in total. The van der Waals surface area contributed by atoms with E-state index in [4.69, 9.17) is 35.3 Å². The van der Waals surface area contributed by atoms with E-state index in [1.165, 1.54) is 42.1 Å². The molecule has 5 N–H and O–H groups in total. The monoisotopic (exact) mass is 466 g/mol. The number of aliphatic hydroxyl groups is 3. The van der Waals surface area contributed by atoms with Crippen molar-refractivity contribution in [1.82, 2.24) is 0 Å². The largest absolute Gasteiger partial charge is 0.368 e. The zero-order valence-electron chi connectivity index (χ0n) is 19.5. The molecule has 11 heteroatoms. The summed E-state index contributed by atoms with van der Waals surface area (Å²) in [6.07, 6.45) is -2.36. The van der Waals surface area contributed by atoms with E-state index >= 15 is 0 Å². The van der Waals surface area contributed by atoms with Crippen LogP contribution in [0.2, 0.25) is 0 Å². The van der Waals surface area contributed by atoms with E-state index in [0.717, 1.165) is 6.42 Å². The van der Waals surface area contributed by atoms with Gasteiger partial charge in [0.2, 0.25) is 0 Å². The first kappa shape index (κ1) is 39.8. The fourth-order valence-corrected chi connectivity index (χ4v) is 0.999. The molecule has 0 rings (SSSR count). The van der Waals surface area contributed by atoms with Crippen LogP contribution < -0.4 is 5.73 Å². The Morgan fingerprint density at radius 1 is 0.655 bits per heavy atom. The summed E-state index contributed by atoms with van der Waals surface area (Å²) in [7, 11) is 4.56. The second kappa shape index (κ2) is 30.5. The van der Waals surface area contributed by atoms with Crippen LogP contribution in [-0.4, -0.2) is 80.9 Å². The standard InChI is InChI=1S/3C5H12O3.C3H8N.Ti/c3*1-4(6)8-5(2)7-3;1-2-3-4;/h3*4-6H,1-3H3;1-4H2;/q;;;-1;. The number of rotatable bonds is 10. The Hall–Kier alpha value is 0.314. The molecule has 0 spiro atoms. The van der Waals surface area contributed by atoms with Crippen LogP contribution in [0.5, 0.6) is 0 Å². The Morgan fingerprint density at radius 3 is 0.862 bits per heavy atom. The second-order valence-electron chi connectivity index (χ2n) is 5.26. The average Bonchev–Trinajstić information content (AvgIpc) is 2.61. The first-order valence-corrected chi connectivity index (χ1v) is 8.99. The topological polar surface area (TPSA) is 142 Å². The molecule has 0 aromatic rings. The fraction of sp³-hybridized carbons (Fsp3) is 0.944. The number of methoxy groups -OCH3 is 3. The molecule has 0 saturated carbocycles. The van der Waals surface area contributed by atoms with E-state index in [9.17, 15) is 0 Å². The molecule has 180 valence electrons. The Labute approximate surface area is 191 Å². The van der Waals surface area contributed by atoms with Gasteiger partial charge in [-0.15, -0.1) is 0 Å². The molecule has 0 radical (unpaired) electrons. The molecule has 0 heterocycles. The zero-order chi connectivity index (χ0) is 23.1. The van der Waals surface area contributed by atoms with Crippen LogP contribution in [-0.2, 0) is 50.1 Å². The predicted molar refractivity (Wildman–Crippen MR) is 107 cm³/mol. The molecule has 0 aliphatic carbocycles. The molecule has 6 atom stereocenters. The molecule has 0 aliphatic heterocycles. The number of ether oxygens (including phenoxy) is 6. The van der Waals surface area contributed by atoms with Crippen molar-refractivity contribution in [3.63, 3.8) is 0 Å². The van der Waals surface area contributed by atoms with Gasteiger partial charge < -0.3 is 56.4 Å². The van der Waals surface area contributed by atoms with Gasteiger partial charge in [0, 0.05) is 43.0 Å². The van der Waals surface area contributed by atoms with Crippen LogP contribution in [0.3, 0.4) is 0 Å². The van der Waals surface area contributed by atoms with Crippen LogP contribution in [0.4, 0.5) is 0 Å². The molecule has 0 saturated heterocycles. The first-order valence-electron chi connectivity index (χ1n) is 8.99. The average molecular weight is 466 g/mol. The molecule has 0 aromatic heterocycles. The quantitative estimate of drug-likeness (QED) is 0.211. The van der Waals surface area contributed by atoms with Crippen molar-refractivity contribution in [2.75, 3.05) is 27.9 Å². The van der Waals surface area contributed by atoms with E-state index in [-0.39, 0.29) is 40.6 Å². The van der Waals surface area contributed by atoms with E-state index in [0.29, 0.717) is 6.54 Å². The van der Waals surface area contributed by atoms with Gasteiger partial charge in [-0.3, -0.25) is 0 Å². The Balaban J connectivity index is -0.0000000896. The molecular weight excluding hydrogens is 422 g/mol. The van der Waals surface area contributed by atoms with Crippen molar-refractivity contribution in [3.8, 4) is 0 Å². The first-order chi connectivity index (χ1) is 12.9. The normalized spacial score (nSPS) is 15.9. The Bertz CT molecular complexity index is 236. The molecule has 0 fully saturated rings. The molecular formula is C18H44NO9Ti-. The van der Waals surface area contributed by atoms with Gasteiger partial charge in [0.25, 0.3) is 0 Å². The summed E-state index contributed by atoms with van der Waals surface area (Å²) in [5.41, 5.74) is 4.97. The van der Waals surface area contributed by atoms with Crippen LogP contribution in [0.25, 0.3) is 0 Å². The number of hydrogen-bond donors (Lipinski definition) is 4. The SMILES string of the molecule is COC(C)OC(C)O.COC(C)OC(C)O.COC(C)OC(C)O.[CH2-]CCN.[Ti]. The minimum Gasteiger partial charge on any atom is -0.368 e. The van der Waals surface area contributed by atoms with Gasteiger partial charge in [0.1, 0.15) is 0 Å². The molecule has 0 aliphatic rings. The van der Waals surface area contributed by atoms with E-state index in [2.05, 4.69) is 21.1 Å². The van der Waals surface area contributed by atoms with Crippen molar-refractivity contribution < 1.29 is 65.5 Å². The van der Waals surface area contributed by atoms with Crippen molar-refractivity contribution >= 4 is 0 Å². The van der Waals surface area contributed by atoms with Crippen molar-refractivity contribution in [2.45, 2.75) is 85.7 Å². The zero-order valence-corrected chi connectivity index (χ0v) is 21.0. The molecule has 29 heavy (non-hydrogen) atoms. The maximum absolute atomic E-state index is 8.55. The maximum atomic E-state index is 8.55. The summed E-state index contributed by atoms with van der Waals surface area (Å²) in [6.45, 7) is 13.9. The van der Waals surface area contributed by atoms with Gasteiger partial charge in [0.05, 0.1) is 0 Å². The van der Waals surface area contributed by atoms with Crippen LogP contribution in [0.15, 0.2) is 0 Å². The number of aliphatic hydroxyl groups excluding tert-OH is 3. The van der Waals surface area contributed by atoms with Crippen molar-refractivity contribution in [1.29, 1.82) is 0 Å². The summed E-state index contributed by atoms with van der Waals surface area (Å²) in [5, 5.41) is 25.7. The summed E-state index contributed by atoms with van der Waals surface area (Å²) >= 11 is 0. The summed E-state index contributed by atoms with van der Waals surface area (Å²) in [5.74, 6) is 0. The van der Waals surface area contributed by atoms with Crippen molar-refractivity contribution in [3.05, 3.63) is 6.92 Å². The predicted octanol–water partition coefficient (Wildman–Crippen LogP) is 1.17. The minimum absolute atomic E-state index is 0. The number of hydrogen-bond acceptors (Lipinski definition) is 10. The smallest absolute Gasteiger partial charge is 0.157 e. The van der Waals surface area contributed by atoms with E-state index in [1.54, 1.807) is 20.8 Å². The third kappa shape index (κ3) is 52.6. The van der Waals surface area contributed by atoms with Crippen molar-refractivity contribution in [2.24, 2.45) is 5.73 Å². The second-order valence-corrected chi connectivity index (χ2v) is 5.26. The summed E-state index contributed by atoms with van der Waals surface area (Å²) in [6, 6.07) is 0. The van der Waals surface area contributed by atoms with E-state index in [1.807, 2.05) is 0 Å². The van der Waals surface area contributed by atoms with Gasteiger partial charge in [-0.1, -0.05) is 0 Å². The molecule has 0 aromatic carbocycles. The Morgan fingerprint density at radius 2 is 0.828 bits per heavy atom.